The number of rotatable bonds is 2. The van der Waals surface area contributed by atoms with E-state index in [4.69, 9.17) is 17.3 Å². The molecule has 0 saturated carbocycles. The summed E-state index contributed by atoms with van der Waals surface area (Å²) in [6, 6.07) is 7.51. The summed E-state index contributed by atoms with van der Waals surface area (Å²) in [6.45, 7) is 0. The second-order valence-electron chi connectivity index (χ2n) is 3.20. The van der Waals surface area contributed by atoms with E-state index in [1.54, 1.807) is 24.3 Å². The third-order valence-corrected chi connectivity index (χ3v) is 3.19. The molecule has 2 rings (SSSR count). The van der Waals surface area contributed by atoms with Gasteiger partial charge < -0.3 is 5.73 Å². The molecular weight excluding hydrogens is 266 g/mol. The van der Waals surface area contributed by atoms with Gasteiger partial charge in [0.15, 0.2) is 17.5 Å². The molecule has 0 radical (unpaired) electrons. The fourth-order valence-electron chi connectivity index (χ4n) is 1.15. The first kappa shape index (κ1) is 12.1. The van der Waals surface area contributed by atoms with E-state index in [2.05, 4.69) is 4.98 Å². The Balaban J connectivity index is 2.30. The lowest BCUT2D eigenvalue weighted by Crippen LogP contribution is -1.98. The van der Waals surface area contributed by atoms with Crippen LogP contribution in [0.15, 0.2) is 40.3 Å². The number of aromatic nitrogens is 1. The van der Waals surface area contributed by atoms with E-state index in [0.29, 0.717) is 5.02 Å². The van der Waals surface area contributed by atoms with Gasteiger partial charge in [-0.1, -0.05) is 23.4 Å². The highest BCUT2D eigenvalue weighted by molar-refractivity contribution is 7.99. The summed E-state index contributed by atoms with van der Waals surface area (Å²) in [4.78, 5) is 4.39. The van der Waals surface area contributed by atoms with Crippen LogP contribution in [-0.4, -0.2) is 4.98 Å². The van der Waals surface area contributed by atoms with Crippen LogP contribution in [0.1, 0.15) is 0 Å². The predicted octanol–water partition coefficient (Wildman–Crippen LogP) is 3.75. The topological polar surface area (TPSA) is 38.9 Å². The first-order valence-corrected chi connectivity index (χ1v) is 5.80. The van der Waals surface area contributed by atoms with Crippen molar-refractivity contribution in [3.05, 3.63) is 47.0 Å². The average molecular weight is 273 g/mol. The molecule has 2 aromatic rings. The molecule has 0 aliphatic carbocycles. The second-order valence-corrected chi connectivity index (χ2v) is 4.70. The van der Waals surface area contributed by atoms with Crippen LogP contribution in [0.3, 0.4) is 0 Å². The van der Waals surface area contributed by atoms with Gasteiger partial charge in [0.25, 0.3) is 0 Å². The Morgan fingerprint density at radius 1 is 1.12 bits per heavy atom. The van der Waals surface area contributed by atoms with Crippen LogP contribution in [0.4, 0.5) is 14.6 Å². The molecule has 0 amide bonds. The molecule has 0 atom stereocenters. The molecule has 2 nitrogen and oxygen atoms in total. The first-order chi connectivity index (χ1) is 8.06. The quantitative estimate of drug-likeness (QED) is 0.905. The number of benzene rings is 1. The lowest BCUT2D eigenvalue weighted by atomic mass is 10.4. The molecule has 0 aliphatic rings. The molecule has 0 fully saturated rings. The lowest BCUT2D eigenvalue weighted by molar-refractivity contribution is 0.552. The van der Waals surface area contributed by atoms with E-state index >= 15 is 0 Å². The van der Waals surface area contributed by atoms with Gasteiger partial charge in [-0.2, -0.15) is 0 Å². The zero-order chi connectivity index (χ0) is 12.4. The average Bonchev–Trinajstić information content (AvgIpc) is 2.29. The summed E-state index contributed by atoms with van der Waals surface area (Å²) in [5, 5.41) is 0.618. The van der Waals surface area contributed by atoms with Crippen LogP contribution < -0.4 is 5.73 Å². The van der Waals surface area contributed by atoms with Crippen molar-refractivity contribution in [1.29, 1.82) is 0 Å². The number of hydrogen-bond donors (Lipinski definition) is 1. The summed E-state index contributed by atoms with van der Waals surface area (Å²) in [5.41, 5.74) is 5.28. The minimum Gasteiger partial charge on any atom is -0.381 e. The molecule has 2 N–H and O–H groups in total. The maximum absolute atomic E-state index is 13.4. The Morgan fingerprint density at radius 2 is 1.76 bits per heavy atom. The highest BCUT2D eigenvalue weighted by Crippen LogP contribution is 2.30. The monoisotopic (exact) mass is 272 g/mol. The predicted molar refractivity (Wildman–Crippen MR) is 64.1 cm³/mol. The standard InChI is InChI=1S/C11H7ClF2N2S/c12-6-1-3-7(4-2-6)17-11-9(14)5-8(13)10(15)16-11/h1-5H,(H2,15,16). The van der Waals surface area contributed by atoms with E-state index in [1.807, 2.05) is 0 Å². The zero-order valence-corrected chi connectivity index (χ0v) is 10.0. The van der Waals surface area contributed by atoms with E-state index in [9.17, 15) is 8.78 Å². The van der Waals surface area contributed by atoms with E-state index in [1.165, 1.54) is 0 Å². The van der Waals surface area contributed by atoms with Crippen molar-refractivity contribution < 1.29 is 8.78 Å². The Morgan fingerprint density at radius 3 is 2.41 bits per heavy atom. The van der Waals surface area contributed by atoms with Gasteiger partial charge >= 0.3 is 0 Å². The first-order valence-electron chi connectivity index (χ1n) is 4.61. The Bertz CT molecular complexity index is 546. The zero-order valence-electron chi connectivity index (χ0n) is 8.45. The van der Waals surface area contributed by atoms with Gasteiger partial charge in [0, 0.05) is 16.0 Å². The number of hydrogen-bond acceptors (Lipinski definition) is 3. The van der Waals surface area contributed by atoms with E-state index < -0.39 is 11.6 Å². The maximum atomic E-state index is 13.4. The minimum absolute atomic E-state index is 0.0335. The number of nitrogens with two attached hydrogens (primary N) is 1. The third-order valence-electron chi connectivity index (χ3n) is 1.95. The van der Waals surface area contributed by atoms with Crippen LogP contribution in [0.2, 0.25) is 5.02 Å². The molecular formula is C11H7ClF2N2S. The molecule has 0 unspecified atom stereocenters. The molecule has 0 bridgehead atoms. The fourth-order valence-corrected chi connectivity index (χ4v) is 2.07. The smallest absolute Gasteiger partial charge is 0.168 e. The summed E-state index contributed by atoms with van der Waals surface area (Å²) >= 11 is 6.78. The minimum atomic E-state index is -0.858. The summed E-state index contributed by atoms with van der Waals surface area (Å²) in [6.07, 6.45) is 0. The summed E-state index contributed by atoms with van der Waals surface area (Å²) in [7, 11) is 0. The van der Waals surface area contributed by atoms with Crippen LogP contribution in [0.25, 0.3) is 0 Å². The van der Waals surface area contributed by atoms with Crippen molar-refractivity contribution in [3.8, 4) is 0 Å². The SMILES string of the molecule is Nc1nc(Sc2ccc(Cl)cc2)c(F)cc1F. The van der Waals surface area contributed by atoms with Gasteiger partial charge in [-0.15, -0.1) is 0 Å². The molecule has 1 aromatic carbocycles. The molecule has 6 heteroatoms. The van der Waals surface area contributed by atoms with Crippen molar-refractivity contribution in [2.24, 2.45) is 0 Å². The van der Waals surface area contributed by atoms with Crippen molar-refractivity contribution in [2.75, 3.05) is 5.73 Å². The molecule has 17 heavy (non-hydrogen) atoms. The summed E-state index contributed by atoms with van der Waals surface area (Å²) in [5.74, 6) is -1.91. The van der Waals surface area contributed by atoms with Crippen LogP contribution in [0.5, 0.6) is 0 Å². The van der Waals surface area contributed by atoms with E-state index in [-0.39, 0.29) is 10.8 Å². The fraction of sp³-hybridized carbons (Fsp3) is 0. The normalized spacial score (nSPS) is 10.5. The number of halogens is 3. The van der Waals surface area contributed by atoms with Gasteiger partial charge in [0.05, 0.1) is 0 Å². The van der Waals surface area contributed by atoms with Gasteiger partial charge in [-0.05, 0) is 24.3 Å². The van der Waals surface area contributed by atoms with Crippen LogP contribution in [-0.2, 0) is 0 Å². The van der Waals surface area contributed by atoms with Gasteiger partial charge in [0.2, 0.25) is 0 Å². The lowest BCUT2D eigenvalue weighted by Gasteiger charge is -2.04. The van der Waals surface area contributed by atoms with Gasteiger partial charge in [0.1, 0.15) is 5.03 Å². The van der Waals surface area contributed by atoms with Gasteiger partial charge in [-0.3, -0.25) is 0 Å². The Labute approximate surface area is 106 Å². The number of anilines is 1. The van der Waals surface area contributed by atoms with Crippen molar-refractivity contribution >= 4 is 29.2 Å². The van der Waals surface area contributed by atoms with Crippen molar-refractivity contribution in [3.63, 3.8) is 0 Å². The number of nitrogens with zero attached hydrogens (tertiary/aromatic N) is 1. The van der Waals surface area contributed by atoms with E-state index in [0.717, 1.165) is 22.7 Å². The van der Waals surface area contributed by atoms with Crippen molar-refractivity contribution in [2.45, 2.75) is 9.92 Å². The molecule has 0 saturated heterocycles. The third kappa shape index (κ3) is 2.87. The highest BCUT2D eigenvalue weighted by atomic mass is 35.5. The Kier molecular flexibility index (Phi) is 3.49. The number of nitrogen functional groups attached to an aromatic ring is 1. The largest absolute Gasteiger partial charge is 0.381 e. The molecule has 1 heterocycles. The Hall–Kier alpha value is -1.33. The maximum Gasteiger partial charge on any atom is 0.168 e. The van der Waals surface area contributed by atoms with Crippen LogP contribution in [0, 0.1) is 11.6 Å². The molecule has 0 spiro atoms. The summed E-state index contributed by atoms with van der Waals surface area (Å²) < 4.78 is 26.3. The van der Waals surface area contributed by atoms with Crippen LogP contribution >= 0.6 is 23.4 Å². The molecule has 88 valence electrons. The molecule has 0 aliphatic heterocycles. The van der Waals surface area contributed by atoms with Gasteiger partial charge in [-0.25, -0.2) is 13.8 Å². The highest BCUT2D eigenvalue weighted by Gasteiger charge is 2.11. The molecule has 1 aromatic heterocycles. The second kappa shape index (κ2) is 4.89. The van der Waals surface area contributed by atoms with Crippen molar-refractivity contribution in [1.82, 2.24) is 4.98 Å². The number of pyridine rings is 1.